The lowest BCUT2D eigenvalue weighted by atomic mass is 10.2. The van der Waals surface area contributed by atoms with E-state index in [1.54, 1.807) is 0 Å². The highest BCUT2D eigenvalue weighted by Crippen LogP contribution is 2.63. The van der Waals surface area contributed by atoms with Crippen LogP contribution in [0.3, 0.4) is 0 Å². The van der Waals surface area contributed by atoms with Gasteiger partial charge in [0.25, 0.3) is 5.56 Å². The molecule has 0 bridgehead atoms. The van der Waals surface area contributed by atoms with E-state index in [0.29, 0.717) is 0 Å². The molecule has 156 valence electrons. The normalized spacial score (nSPS) is 29.0. The molecule has 0 aliphatic carbocycles. The number of hydrogen-bond acceptors (Lipinski definition) is 7. The highest BCUT2D eigenvalue weighted by atomic mass is 35.5. The third-order valence-corrected chi connectivity index (χ3v) is 6.19. The average molecular weight is 452 g/mol. The molecule has 1 unspecified atom stereocenters. The van der Waals surface area contributed by atoms with Crippen LogP contribution in [0.5, 0.6) is 0 Å². The second kappa shape index (κ2) is 7.84. The first-order valence-corrected chi connectivity index (χ1v) is 10.3. The summed E-state index contributed by atoms with van der Waals surface area (Å²) in [7, 11) is -3.78. The Bertz CT molecular complexity index is 1050. The molecule has 2 N–H and O–H groups in total. The molecule has 0 saturated carbocycles. The molecular weight excluding hydrogens is 437 g/mol. The number of nitrogens with zero attached hydrogens (tertiary/aromatic N) is 1. The Balaban J connectivity index is 1.44. The van der Waals surface area contributed by atoms with Crippen LogP contribution in [0.1, 0.15) is 18.2 Å². The standard InChI is InChI=1S/C16H14ClF2N2O7P/c17-9-2-1-8(10(18)3-9)6-25-29(24)26-7-13-12(28-29)4-14(27-13)21-5-11(19)15(22)20-16(21)23/h1-3,5,12-14,24H,4,6-7H2/p+1/t12-,13+,14+,29?/m0/s1. The molecule has 0 radical (unpaired) electrons. The molecule has 2 saturated heterocycles. The van der Waals surface area contributed by atoms with Gasteiger partial charge in [0, 0.05) is 17.0 Å². The number of H-pyrrole nitrogens is 1. The lowest BCUT2D eigenvalue weighted by Crippen LogP contribution is -2.35. The number of hydrogen-bond donors (Lipinski definition) is 2. The Labute approximate surface area is 167 Å². The van der Waals surface area contributed by atoms with E-state index in [1.165, 1.54) is 12.1 Å². The molecule has 3 heterocycles. The minimum absolute atomic E-state index is 0.0698. The first-order valence-electron chi connectivity index (χ1n) is 8.44. The lowest BCUT2D eigenvalue weighted by Gasteiger charge is -2.26. The van der Waals surface area contributed by atoms with Gasteiger partial charge < -0.3 is 4.74 Å². The second-order valence-electron chi connectivity index (χ2n) is 6.43. The summed E-state index contributed by atoms with van der Waals surface area (Å²) in [6, 6.07) is 3.99. The molecule has 9 nitrogen and oxygen atoms in total. The molecule has 0 spiro atoms. The molecule has 4 rings (SSSR count). The van der Waals surface area contributed by atoms with Gasteiger partial charge in [-0.15, -0.1) is 9.05 Å². The fraction of sp³-hybridized carbons (Fsp3) is 0.375. The van der Waals surface area contributed by atoms with E-state index >= 15 is 0 Å². The zero-order valence-corrected chi connectivity index (χ0v) is 16.2. The third-order valence-electron chi connectivity index (χ3n) is 4.48. The number of aromatic amines is 1. The van der Waals surface area contributed by atoms with Crippen LogP contribution < -0.4 is 11.2 Å². The summed E-state index contributed by atoms with van der Waals surface area (Å²) in [5.74, 6) is -1.75. The van der Waals surface area contributed by atoms with E-state index < -0.39 is 49.5 Å². The monoisotopic (exact) mass is 451 g/mol. The Morgan fingerprint density at radius 2 is 2.10 bits per heavy atom. The van der Waals surface area contributed by atoms with Crippen LogP contribution >= 0.6 is 19.8 Å². The first-order chi connectivity index (χ1) is 13.7. The summed E-state index contributed by atoms with van der Waals surface area (Å²) in [6.45, 7) is -0.436. The van der Waals surface area contributed by atoms with Crippen LogP contribution in [-0.2, 0) is 24.9 Å². The summed E-state index contributed by atoms with van der Waals surface area (Å²) in [5, 5.41) is 0.218. The van der Waals surface area contributed by atoms with Gasteiger partial charge in [0.2, 0.25) is 5.82 Å². The number of fused-ring (bicyclic) bond motifs is 1. The predicted molar refractivity (Wildman–Crippen MR) is 96.0 cm³/mol. The summed E-state index contributed by atoms with van der Waals surface area (Å²) in [5.41, 5.74) is -1.84. The van der Waals surface area contributed by atoms with Crippen LogP contribution in [0.4, 0.5) is 8.78 Å². The maximum absolute atomic E-state index is 13.9. The van der Waals surface area contributed by atoms with Crippen molar-refractivity contribution in [2.45, 2.75) is 31.5 Å². The number of aromatic nitrogens is 2. The molecule has 1 aromatic heterocycles. The average Bonchev–Trinajstić information content (AvgIpc) is 3.06. The fourth-order valence-corrected chi connectivity index (χ4v) is 4.59. The molecule has 2 aliphatic rings. The van der Waals surface area contributed by atoms with Crippen LogP contribution in [0.15, 0.2) is 34.0 Å². The zero-order chi connectivity index (χ0) is 20.8. The molecule has 2 fully saturated rings. The van der Waals surface area contributed by atoms with Gasteiger partial charge in [0.1, 0.15) is 37.5 Å². The van der Waals surface area contributed by atoms with Crippen molar-refractivity contribution in [1.82, 2.24) is 9.55 Å². The Morgan fingerprint density at radius 3 is 2.86 bits per heavy atom. The SMILES string of the molecule is O=c1[nH]c(=O)n([C@H]2C[C@@H]3O[P+](O)(OCc4ccc(Cl)cc4F)OC[C@H]3O2)cc1F. The van der Waals surface area contributed by atoms with Gasteiger partial charge in [0.05, 0.1) is 6.20 Å². The second-order valence-corrected chi connectivity index (χ2v) is 8.53. The van der Waals surface area contributed by atoms with Crippen LogP contribution in [0.25, 0.3) is 0 Å². The van der Waals surface area contributed by atoms with E-state index in [0.717, 1.165) is 16.8 Å². The molecule has 2 aromatic rings. The molecular formula is C16H15ClF2N2O7P+. The Morgan fingerprint density at radius 1 is 1.31 bits per heavy atom. The van der Waals surface area contributed by atoms with E-state index in [2.05, 4.69) is 0 Å². The highest BCUT2D eigenvalue weighted by molar-refractivity contribution is 7.55. The van der Waals surface area contributed by atoms with Gasteiger partial charge in [-0.05, 0) is 12.1 Å². The largest absolute Gasteiger partial charge is 0.573 e. The van der Waals surface area contributed by atoms with Crippen molar-refractivity contribution in [1.29, 1.82) is 0 Å². The predicted octanol–water partition coefficient (Wildman–Crippen LogP) is 2.06. The van der Waals surface area contributed by atoms with E-state index in [4.69, 9.17) is 29.9 Å². The van der Waals surface area contributed by atoms with E-state index in [1.807, 2.05) is 4.98 Å². The summed E-state index contributed by atoms with van der Waals surface area (Å²) in [6.07, 6.45) is -1.50. The van der Waals surface area contributed by atoms with Crippen molar-refractivity contribution in [2.75, 3.05) is 6.61 Å². The van der Waals surface area contributed by atoms with Crippen LogP contribution in [0.2, 0.25) is 5.02 Å². The maximum Gasteiger partial charge on any atom is 0.573 e. The highest BCUT2D eigenvalue weighted by Gasteiger charge is 2.58. The van der Waals surface area contributed by atoms with Crippen molar-refractivity contribution in [3.63, 3.8) is 0 Å². The number of benzene rings is 1. The Kier molecular flexibility index (Phi) is 5.56. The number of ether oxygens (including phenoxy) is 1. The number of rotatable bonds is 4. The van der Waals surface area contributed by atoms with Gasteiger partial charge in [0.15, 0.2) is 0 Å². The fourth-order valence-electron chi connectivity index (χ4n) is 3.03. The maximum atomic E-state index is 13.9. The molecule has 4 atom stereocenters. The van der Waals surface area contributed by atoms with Crippen molar-refractivity contribution in [3.8, 4) is 0 Å². The van der Waals surface area contributed by atoms with Crippen LogP contribution in [0, 0.1) is 11.6 Å². The van der Waals surface area contributed by atoms with E-state index in [-0.39, 0.29) is 30.2 Å². The van der Waals surface area contributed by atoms with Crippen molar-refractivity contribution < 1.29 is 32.0 Å². The van der Waals surface area contributed by atoms with E-state index in [9.17, 15) is 23.3 Å². The number of nitrogens with one attached hydrogen (secondary N) is 1. The molecule has 13 heteroatoms. The smallest absolute Gasteiger partial charge is 0.349 e. The Hall–Kier alpha value is -1.72. The van der Waals surface area contributed by atoms with Gasteiger partial charge >= 0.3 is 13.9 Å². The van der Waals surface area contributed by atoms with Gasteiger partial charge in [-0.1, -0.05) is 17.7 Å². The minimum atomic E-state index is -3.78. The van der Waals surface area contributed by atoms with Crippen molar-refractivity contribution in [2.24, 2.45) is 0 Å². The zero-order valence-electron chi connectivity index (χ0n) is 14.6. The van der Waals surface area contributed by atoms with Gasteiger partial charge in [-0.2, -0.15) is 13.8 Å². The third kappa shape index (κ3) is 4.26. The van der Waals surface area contributed by atoms with Crippen LogP contribution in [-0.4, -0.2) is 33.3 Å². The first kappa shape index (κ1) is 20.5. The summed E-state index contributed by atoms with van der Waals surface area (Å²) in [4.78, 5) is 35.4. The molecule has 2 aliphatic heterocycles. The molecule has 29 heavy (non-hydrogen) atoms. The minimum Gasteiger partial charge on any atom is -0.349 e. The number of halogens is 3. The van der Waals surface area contributed by atoms with Crippen molar-refractivity contribution >= 4 is 19.8 Å². The summed E-state index contributed by atoms with van der Waals surface area (Å²) < 4.78 is 49.9. The van der Waals surface area contributed by atoms with Gasteiger partial charge in [-0.3, -0.25) is 14.3 Å². The lowest BCUT2D eigenvalue weighted by molar-refractivity contribution is -0.0829. The van der Waals surface area contributed by atoms with Crippen molar-refractivity contribution in [3.05, 3.63) is 67.5 Å². The van der Waals surface area contributed by atoms with Gasteiger partial charge in [-0.25, -0.2) is 9.18 Å². The quantitative estimate of drug-likeness (QED) is 0.684. The topological polar surface area (TPSA) is 112 Å². The summed E-state index contributed by atoms with van der Waals surface area (Å²) >= 11 is 5.69. The molecule has 0 amide bonds. The molecule has 1 aromatic carbocycles.